The summed E-state index contributed by atoms with van der Waals surface area (Å²) in [6, 6.07) is 16.6. The van der Waals surface area contributed by atoms with Crippen LogP contribution in [0.25, 0.3) is 0 Å². The fourth-order valence-corrected chi connectivity index (χ4v) is 3.57. The summed E-state index contributed by atoms with van der Waals surface area (Å²) in [6.45, 7) is 7.18. The van der Waals surface area contributed by atoms with Crippen molar-refractivity contribution in [3.63, 3.8) is 0 Å². The number of hydrogen-bond donors (Lipinski definition) is 2. The summed E-state index contributed by atoms with van der Waals surface area (Å²) in [6.07, 6.45) is 0.0692. The highest BCUT2D eigenvalue weighted by atomic mass is 35.5. The molecule has 2 aromatic carbocycles. The molecule has 7 heteroatoms. The molecule has 0 aromatic heterocycles. The monoisotopic (exact) mass is 431 g/mol. The van der Waals surface area contributed by atoms with Crippen molar-refractivity contribution >= 4 is 24.2 Å². The number of nitrogens with zero attached hydrogens (tertiary/aromatic N) is 1. The second kappa shape index (κ2) is 10.1. The molecule has 6 nitrogen and oxygen atoms in total. The fourth-order valence-electron chi connectivity index (χ4n) is 3.57. The van der Waals surface area contributed by atoms with Crippen molar-refractivity contribution in [1.82, 2.24) is 10.2 Å². The van der Waals surface area contributed by atoms with E-state index in [1.165, 1.54) is 0 Å². The third-order valence-corrected chi connectivity index (χ3v) is 5.21. The summed E-state index contributed by atoms with van der Waals surface area (Å²) < 4.78 is 5.69. The smallest absolute Gasteiger partial charge is 0.254 e. The van der Waals surface area contributed by atoms with Gasteiger partial charge < -0.3 is 20.7 Å². The molecular formula is C23H30ClN3O3. The largest absolute Gasteiger partial charge is 0.372 e. The van der Waals surface area contributed by atoms with Crippen molar-refractivity contribution in [1.29, 1.82) is 0 Å². The lowest BCUT2D eigenvalue weighted by atomic mass is 9.92. The summed E-state index contributed by atoms with van der Waals surface area (Å²) in [7, 11) is 0. The van der Waals surface area contributed by atoms with Crippen molar-refractivity contribution in [3.05, 3.63) is 71.3 Å². The van der Waals surface area contributed by atoms with Gasteiger partial charge in [0.2, 0.25) is 5.91 Å². The average molecular weight is 432 g/mol. The molecule has 0 aliphatic carbocycles. The predicted octanol–water partition coefficient (Wildman–Crippen LogP) is 2.85. The third kappa shape index (κ3) is 5.59. The Morgan fingerprint density at radius 1 is 1.07 bits per heavy atom. The molecule has 0 bridgehead atoms. The molecule has 3 rings (SSSR count). The molecule has 0 radical (unpaired) electrons. The van der Waals surface area contributed by atoms with Crippen molar-refractivity contribution in [2.24, 2.45) is 5.73 Å². The number of nitrogens with one attached hydrogen (secondary N) is 1. The predicted molar refractivity (Wildman–Crippen MR) is 119 cm³/mol. The van der Waals surface area contributed by atoms with Crippen molar-refractivity contribution in [2.75, 3.05) is 13.1 Å². The second-order valence-electron chi connectivity index (χ2n) is 7.92. The maximum atomic E-state index is 12.7. The fraction of sp³-hybridized carbons (Fsp3) is 0.391. The standard InChI is InChI=1S/C23H29N3O3.ClH/c1-16-14-26(15-17(2)29-16)21(27)19-11-9-18(10-12-19)13-25-22(28)23(3,24)20-7-5-4-6-8-20;/h4-12,16-17H,13-15,24H2,1-3H3,(H,25,28);1H. The lowest BCUT2D eigenvalue weighted by Crippen LogP contribution is -2.48. The zero-order valence-corrected chi connectivity index (χ0v) is 18.4. The molecule has 3 unspecified atom stereocenters. The van der Waals surface area contributed by atoms with E-state index < -0.39 is 5.54 Å². The highest BCUT2D eigenvalue weighted by Gasteiger charge is 2.30. The van der Waals surface area contributed by atoms with Crippen LogP contribution in [0.1, 0.15) is 42.3 Å². The first-order valence-corrected chi connectivity index (χ1v) is 9.93. The molecule has 1 saturated heterocycles. The molecule has 2 aromatic rings. The van der Waals surface area contributed by atoms with Gasteiger partial charge in [-0.3, -0.25) is 9.59 Å². The van der Waals surface area contributed by atoms with Crippen LogP contribution in [0.15, 0.2) is 54.6 Å². The summed E-state index contributed by atoms with van der Waals surface area (Å²) in [4.78, 5) is 27.1. The minimum Gasteiger partial charge on any atom is -0.372 e. The Hall–Kier alpha value is -2.41. The first-order chi connectivity index (χ1) is 13.8. The summed E-state index contributed by atoms with van der Waals surface area (Å²) in [5, 5.41) is 2.89. The summed E-state index contributed by atoms with van der Waals surface area (Å²) >= 11 is 0. The number of rotatable bonds is 5. The highest BCUT2D eigenvalue weighted by molar-refractivity contribution is 5.94. The van der Waals surface area contributed by atoms with Gasteiger partial charge in [0.15, 0.2) is 0 Å². The van der Waals surface area contributed by atoms with Crippen LogP contribution < -0.4 is 11.1 Å². The van der Waals surface area contributed by atoms with Gasteiger partial charge in [0.25, 0.3) is 5.91 Å². The Labute approximate surface area is 184 Å². The van der Waals surface area contributed by atoms with Gasteiger partial charge in [-0.2, -0.15) is 0 Å². The van der Waals surface area contributed by atoms with Crippen LogP contribution >= 0.6 is 12.4 Å². The van der Waals surface area contributed by atoms with E-state index in [4.69, 9.17) is 10.5 Å². The maximum absolute atomic E-state index is 12.7. The molecule has 1 heterocycles. The number of benzene rings is 2. The van der Waals surface area contributed by atoms with E-state index in [2.05, 4.69) is 5.32 Å². The van der Waals surface area contributed by atoms with E-state index in [9.17, 15) is 9.59 Å². The normalized spacial score (nSPS) is 20.6. The highest BCUT2D eigenvalue weighted by Crippen LogP contribution is 2.18. The Morgan fingerprint density at radius 2 is 1.63 bits per heavy atom. The Balaban J connectivity index is 0.00000320. The summed E-state index contributed by atoms with van der Waals surface area (Å²) in [5.41, 5.74) is 7.43. The van der Waals surface area contributed by atoms with Crippen molar-refractivity contribution in [3.8, 4) is 0 Å². The van der Waals surface area contributed by atoms with Gasteiger partial charge in [0.05, 0.1) is 12.2 Å². The van der Waals surface area contributed by atoms with Gasteiger partial charge in [-0.1, -0.05) is 42.5 Å². The zero-order chi connectivity index (χ0) is 21.0. The number of hydrogen-bond acceptors (Lipinski definition) is 4. The minimum absolute atomic E-state index is 0. The SMILES string of the molecule is CC1CN(C(=O)c2ccc(CNC(=O)C(C)(N)c3ccccc3)cc2)CC(C)O1.Cl. The van der Waals surface area contributed by atoms with E-state index in [0.717, 1.165) is 11.1 Å². The number of nitrogens with two attached hydrogens (primary N) is 1. The second-order valence-corrected chi connectivity index (χ2v) is 7.92. The van der Waals surface area contributed by atoms with Gasteiger partial charge in [-0.25, -0.2) is 0 Å². The van der Waals surface area contributed by atoms with Gasteiger partial charge in [-0.05, 0) is 44.0 Å². The molecule has 1 fully saturated rings. The van der Waals surface area contributed by atoms with E-state index in [1.54, 1.807) is 19.1 Å². The van der Waals surface area contributed by atoms with Gasteiger partial charge in [0, 0.05) is 25.2 Å². The van der Waals surface area contributed by atoms with Crippen LogP contribution in [0.3, 0.4) is 0 Å². The number of morpholine rings is 1. The number of halogens is 1. The van der Waals surface area contributed by atoms with E-state index >= 15 is 0 Å². The minimum atomic E-state index is -1.11. The number of carbonyl (C=O) groups is 2. The quantitative estimate of drug-likeness (QED) is 0.762. The average Bonchev–Trinajstić information content (AvgIpc) is 2.71. The van der Waals surface area contributed by atoms with Crippen LogP contribution in [0.4, 0.5) is 0 Å². The summed E-state index contributed by atoms with van der Waals surface area (Å²) in [5.74, 6) is -0.249. The van der Waals surface area contributed by atoms with Crippen LogP contribution in [-0.4, -0.2) is 42.0 Å². The van der Waals surface area contributed by atoms with Crippen LogP contribution in [-0.2, 0) is 21.6 Å². The van der Waals surface area contributed by atoms with Gasteiger partial charge >= 0.3 is 0 Å². The molecule has 3 atom stereocenters. The van der Waals surface area contributed by atoms with Gasteiger partial charge in [-0.15, -0.1) is 12.4 Å². The van der Waals surface area contributed by atoms with Gasteiger partial charge in [0.1, 0.15) is 5.54 Å². The lowest BCUT2D eigenvalue weighted by molar-refractivity contribution is -0.126. The number of ether oxygens (including phenoxy) is 1. The molecule has 30 heavy (non-hydrogen) atoms. The molecular weight excluding hydrogens is 402 g/mol. The first kappa shape index (κ1) is 23.9. The van der Waals surface area contributed by atoms with Crippen LogP contribution in [0.2, 0.25) is 0 Å². The topological polar surface area (TPSA) is 84.7 Å². The molecule has 3 N–H and O–H groups in total. The molecule has 0 saturated carbocycles. The third-order valence-electron chi connectivity index (χ3n) is 5.21. The van der Waals surface area contributed by atoms with E-state index in [0.29, 0.717) is 25.2 Å². The number of carbonyl (C=O) groups excluding carboxylic acids is 2. The lowest BCUT2D eigenvalue weighted by Gasteiger charge is -2.35. The Bertz CT molecular complexity index is 846. The van der Waals surface area contributed by atoms with E-state index in [-0.39, 0.29) is 36.4 Å². The van der Waals surface area contributed by atoms with Crippen LogP contribution in [0.5, 0.6) is 0 Å². The first-order valence-electron chi connectivity index (χ1n) is 9.93. The Kier molecular flexibility index (Phi) is 8.01. The molecule has 1 aliphatic heterocycles. The Morgan fingerprint density at radius 3 is 2.20 bits per heavy atom. The molecule has 1 aliphatic rings. The zero-order valence-electron chi connectivity index (χ0n) is 17.6. The van der Waals surface area contributed by atoms with E-state index in [1.807, 2.05) is 61.2 Å². The molecule has 162 valence electrons. The van der Waals surface area contributed by atoms with Crippen molar-refractivity contribution in [2.45, 2.75) is 45.1 Å². The van der Waals surface area contributed by atoms with Crippen LogP contribution in [0, 0.1) is 0 Å². The van der Waals surface area contributed by atoms with Crippen molar-refractivity contribution < 1.29 is 14.3 Å². The molecule has 2 amide bonds. The molecule has 0 spiro atoms. The number of amides is 2. The maximum Gasteiger partial charge on any atom is 0.254 e.